The van der Waals surface area contributed by atoms with Crippen LogP contribution in [0.4, 0.5) is 0 Å². The average Bonchev–Trinajstić information content (AvgIpc) is 3.04. The lowest BCUT2D eigenvalue weighted by Crippen LogP contribution is -2.40. The fourth-order valence-corrected chi connectivity index (χ4v) is 1.94. The zero-order chi connectivity index (χ0) is 12.1. The van der Waals surface area contributed by atoms with Gasteiger partial charge in [0.1, 0.15) is 6.04 Å². The number of hydrogen-bond donors (Lipinski definition) is 1. The molecule has 0 amide bonds. The van der Waals surface area contributed by atoms with E-state index in [0.717, 1.165) is 6.42 Å². The van der Waals surface area contributed by atoms with Crippen molar-refractivity contribution < 1.29 is 14.3 Å². The van der Waals surface area contributed by atoms with E-state index in [2.05, 4.69) is 5.32 Å². The Hall–Kier alpha value is -0.610. The Morgan fingerprint density at radius 3 is 2.65 bits per heavy atom. The Bertz CT molecular complexity index is 249. The van der Waals surface area contributed by atoms with Gasteiger partial charge < -0.3 is 14.8 Å². The molecule has 0 radical (unpaired) electrons. The molecule has 4 heteroatoms. The van der Waals surface area contributed by atoms with Crippen LogP contribution >= 0.6 is 0 Å². The molecular formula is C13H23NO3. The molecule has 98 valence electrons. The third kappa shape index (κ3) is 4.28. The van der Waals surface area contributed by atoms with Gasteiger partial charge in [-0.3, -0.25) is 4.79 Å². The Kier molecular flexibility index (Phi) is 4.80. The fraction of sp³-hybridized carbons (Fsp3) is 0.923. The summed E-state index contributed by atoms with van der Waals surface area (Å²) in [5.41, 5.74) is 0. The first-order chi connectivity index (χ1) is 8.29. The van der Waals surface area contributed by atoms with Gasteiger partial charge in [0, 0.05) is 12.6 Å². The average molecular weight is 241 g/mol. The summed E-state index contributed by atoms with van der Waals surface area (Å²) in [6.07, 6.45) is 7.18. The summed E-state index contributed by atoms with van der Waals surface area (Å²) in [5, 5.41) is 3.33. The third-order valence-corrected chi connectivity index (χ3v) is 3.40. The lowest BCUT2D eigenvalue weighted by atomic mass is 9.96. The molecule has 0 saturated heterocycles. The monoisotopic (exact) mass is 241 g/mol. The summed E-state index contributed by atoms with van der Waals surface area (Å²) >= 11 is 0. The van der Waals surface area contributed by atoms with E-state index < -0.39 is 0 Å². The molecule has 2 aliphatic rings. The van der Waals surface area contributed by atoms with Gasteiger partial charge in [0.2, 0.25) is 0 Å². The second-order valence-corrected chi connectivity index (χ2v) is 4.96. The molecule has 0 bridgehead atoms. The molecule has 0 heterocycles. The second-order valence-electron chi connectivity index (χ2n) is 4.96. The van der Waals surface area contributed by atoms with Gasteiger partial charge in [-0.1, -0.05) is 0 Å². The normalized spacial score (nSPS) is 21.9. The SMILES string of the molecule is CCOC(=O)C(CCOC1CCC1)NC1CC1. The highest BCUT2D eigenvalue weighted by molar-refractivity contribution is 5.75. The minimum atomic E-state index is -0.178. The number of nitrogens with one attached hydrogen (secondary N) is 1. The van der Waals surface area contributed by atoms with Crippen molar-refractivity contribution in [2.24, 2.45) is 0 Å². The molecule has 2 rings (SSSR count). The highest BCUT2D eigenvalue weighted by Crippen LogP contribution is 2.23. The topological polar surface area (TPSA) is 47.6 Å². The van der Waals surface area contributed by atoms with E-state index in [-0.39, 0.29) is 12.0 Å². The molecule has 1 unspecified atom stereocenters. The van der Waals surface area contributed by atoms with Crippen LogP contribution in [0.3, 0.4) is 0 Å². The van der Waals surface area contributed by atoms with Gasteiger partial charge in [-0.2, -0.15) is 0 Å². The predicted molar refractivity (Wildman–Crippen MR) is 64.8 cm³/mol. The molecular weight excluding hydrogens is 218 g/mol. The lowest BCUT2D eigenvalue weighted by Gasteiger charge is -2.26. The van der Waals surface area contributed by atoms with Crippen LogP contribution in [-0.4, -0.2) is 37.4 Å². The number of rotatable bonds is 8. The zero-order valence-electron chi connectivity index (χ0n) is 10.6. The number of hydrogen-bond acceptors (Lipinski definition) is 4. The summed E-state index contributed by atoms with van der Waals surface area (Å²) in [7, 11) is 0. The van der Waals surface area contributed by atoms with Crippen LogP contribution in [0.25, 0.3) is 0 Å². The van der Waals surface area contributed by atoms with Crippen LogP contribution in [0.2, 0.25) is 0 Å². The van der Waals surface area contributed by atoms with E-state index in [1.54, 1.807) is 0 Å². The predicted octanol–water partition coefficient (Wildman–Crippen LogP) is 1.63. The smallest absolute Gasteiger partial charge is 0.323 e. The van der Waals surface area contributed by atoms with Crippen molar-refractivity contribution in [3.8, 4) is 0 Å². The van der Waals surface area contributed by atoms with Gasteiger partial charge >= 0.3 is 5.97 Å². The Balaban J connectivity index is 1.66. The molecule has 1 N–H and O–H groups in total. The van der Waals surface area contributed by atoms with Crippen molar-refractivity contribution >= 4 is 5.97 Å². The number of ether oxygens (including phenoxy) is 2. The van der Waals surface area contributed by atoms with Crippen molar-refractivity contribution in [3.05, 3.63) is 0 Å². The van der Waals surface area contributed by atoms with E-state index >= 15 is 0 Å². The molecule has 0 aromatic heterocycles. The van der Waals surface area contributed by atoms with E-state index in [1.807, 2.05) is 6.92 Å². The quantitative estimate of drug-likeness (QED) is 0.656. The van der Waals surface area contributed by atoms with Crippen LogP contribution in [0.1, 0.15) is 45.4 Å². The highest BCUT2D eigenvalue weighted by atomic mass is 16.5. The Labute approximate surface area is 103 Å². The molecule has 0 aromatic rings. The van der Waals surface area contributed by atoms with Gasteiger partial charge in [-0.05, 0) is 45.4 Å². The van der Waals surface area contributed by atoms with Crippen molar-refractivity contribution in [2.45, 2.75) is 63.6 Å². The fourth-order valence-electron chi connectivity index (χ4n) is 1.94. The number of carbonyl (C=O) groups is 1. The molecule has 2 fully saturated rings. The third-order valence-electron chi connectivity index (χ3n) is 3.40. The molecule has 4 nitrogen and oxygen atoms in total. The molecule has 2 saturated carbocycles. The lowest BCUT2D eigenvalue weighted by molar-refractivity contribution is -0.146. The largest absolute Gasteiger partial charge is 0.465 e. The maximum atomic E-state index is 11.7. The van der Waals surface area contributed by atoms with Gasteiger partial charge in [0.05, 0.1) is 12.7 Å². The first-order valence-electron chi connectivity index (χ1n) is 6.84. The molecule has 17 heavy (non-hydrogen) atoms. The summed E-state index contributed by atoms with van der Waals surface area (Å²) in [5.74, 6) is -0.128. The first-order valence-corrected chi connectivity index (χ1v) is 6.84. The van der Waals surface area contributed by atoms with Crippen LogP contribution in [0.15, 0.2) is 0 Å². The van der Waals surface area contributed by atoms with Crippen LogP contribution in [0, 0.1) is 0 Å². The van der Waals surface area contributed by atoms with Gasteiger partial charge in [0.25, 0.3) is 0 Å². The summed E-state index contributed by atoms with van der Waals surface area (Å²) in [6, 6.07) is 0.343. The van der Waals surface area contributed by atoms with Crippen LogP contribution < -0.4 is 5.32 Å². The molecule has 0 aliphatic heterocycles. The minimum absolute atomic E-state index is 0.128. The maximum absolute atomic E-state index is 11.7. The molecule has 0 aromatic carbocycles. The van der Waals surface area contributed by atoms with Crippen LogP contribution in [0.5, 0.6) is 0 Å². The zero-order valence-corrected chi connectivity index (χ0v) is 10.6. The van der Waals surface area contributed by atoms with Gasteiger partial charge in [-0.25, -0.2) is 0 Å². The maximum Gasteiger partial charge on any atom is 0.323 e. The number of esters is 1. The first kappa shape index (κ1) is 12.8. The Morgan fingerprint density at radius 2 is 2.12 bits per heavy atom. The van der Waals surface area contributed by atoms with Crippen molar-refractivity contribution in [3.63, 3.8) is 0 Å². The molecule has 2 aliphatic carbocycles. The molecule has 0 spiro atoms. The van der Waals surface area contributed by atoms with Gasteiger partial charge in [-0.15, -0.1) is 0 Å². The standard InChI is InChI=1S/C13H23NO3/c1-2-16-13(15)12(14-10-6-7-10)8-9-17-11-4-3-5-11/h10-12,14H,2-9H2,1H3. The van der Waals surface area contributed by atoms with E-state index in [1.165, 1.54) is 32.1 Å². The van der Waals surface area contributed by atoms with Crippen molar-refractivity contribution in [1.29, 1.82) is 0 Å². The number of carbonyl (C=O) groups excluding carboxylic acids is 1. The van der Waals surface area contributed by atoms with Gasteiger partial charge in [0.15, 0.2) is 0 Å². The van der Waals surface area contributed by atoms with Crippen LogP contribution in [-0.2, 0) is 14.3 Å². The Morgan fingerprint density at radius 1 is 1.35 bits per heavy atom. The minimum Gasteiger partial charge on any atom is -0.465 e. The van der Waals surface area contributed by atoms with Crippen molar-refractivity contribution in [2.75, 3.05) is 13.2 Å². The summed E-state index contributed by atoms with van der Waals surface area (Å²) in [4.78, 5) is 11.7. The highest BCUT2D eigenvalue weighted by Gasteiger charge is 2.29. The summed E-state index contributed by atoms with van der Waals surface area (Å²) < 4.78 is 10.8. The molecule has 1 atom stereocenters. The van der Waals surface area contributed by atoms with Crippen molar-refractivity contribution in [1.82, 2.24) is 5.32 Å². The van der Waals surface area contributed by atoms with E-state index in [0.29, 0.717) is 25.4 Å². The second kappa shape index (κ2) is 6.36. The van der Waals surface area contributed by atoms with E-state index in [4.69, 9.17) is 9.47 Å². The summed E-state index contributed by atoms with van der Waals surface area (Å²) in [6.45, 7) is 2.95. The van der Waals surface area contributed by atoms with E-state index in [9.17, 15) is 4.79 Å².